The van der Waals surface area contributed by atoms with Gasteiger partial charge in [0.15, 0.2) is 0 Å². The second kappa shape index (κ2) is 9.11. The fourth-order valence-corrected chi connectivity index (χ4v) is 3.65. The number of anilines is 2. The molecule has 0 radical (unpaired) electrons. The summed E-state index contributed by atoms with van der Waals surface area (Å²) in [6, 6.07) is 20.2. The zero-order valence-electron chi connectivity index (χ0n) is 15.9. The lowest BCUT2D eigenvalue weighted by Gasteiger charge is -2.07. The van der Waals surface area contributed by atoms with E-state index in [2.05, 4.69) is 20.6 Å². The molecule has 0 saturated carbocycles. The van der Waals surface area contributed by atoms with E-state index in [0.717, 1.165) is 10.6 Å². The Labute approximate surface area is 177 Å². The normalized spacial score (nSPS) is 10.4. The van der Waals surface area contributed by atoms with Gasteiger partial charge in [0.2, 0.25) is 0 Å². The van der Waals surface area contributed by atoms with Gasteiger partial charge in [0, 0.05) is 41.1 Å². The number of nitrogens with zero attached hydrogens (tertiary/aromatic N) is 2. The van der Waals surface area contributed by atoms with E-state index in [1.807, 2.05) is 30.3 Å². The van der Waals surface area contributed by atoms with Gasteiger partial charge in [0.05, 0.1) is 5.01 Å². The second-order valence-corrected chi connectivity index (χ2v) is 7.46. The van der Waals surface area contributed by atoms with Crippen LogP contribution in [0.15, 0.2) is 84.5 Å². The number of pyridine rings is 1. The highest BCUT2D eigenvalue weighted by molar-refractivity contribution is 7.09. The maximum Gasteiger partial charge on any atom is 0.275 e. The van der Waals surface area contributed by atoms with Crippen LogP contribution < -0.4 is 10.6 Å². The van der Waals surface area contributed by atoms with Crippen molar-refractivity contribution in [2.24, 2.45) is 0 Å². The lowest BCUT2D eigenvalue weighted by Crippen LogP contribution is -2.15. The molecule has 0 bridgehead atoms. The summed E-state index contributed by atoms with van der Waals surface area (Å²) in [5.74, 6) is -0.576. The van der Waals surface area contributed by atoms with Gasteiger partial charge < -0.3 is 10.6 Å². The second-order valence-electron chi connectivity index (χ2n) is 6.51. The van der Waals surface area contributed by atoms with Crippen LogP contribution in [0.5, 0.6) is 0 Å². The minimum Gasteiger partial charge on any atom is -0.322 e. The van der Waals surface area contributed by atoms with Crippen molar-refractivity contribution in [2.75, 3.05) is 10.6 Å². The topological polar surface area (TPSA) is 84.0 Å². The zero-order chi connectivity index (χ0) is 20.8. The summed E-state index contributed by atoms with van der Waals surface area (Å²) in [6.07, 6.45) is 3.89. The summed E-state index contributed by atoms with van der Waals surface area (Å²) in [5.41, 5.74) is 3.12. The molecule has 30 heavy (non-hydrogen) atoms. The van der Waals surface area contributed by atoms with Crippen molar-refractivity contribution in [3.8, 4) is 0 Å². The van der Waals surface area contributed by atoms with Gasteiger partial charge in [0.25, 0.3) is 11.8 Å². The Bertz CT molecular complexity index is 1160. The van der Waals surface area contributed by atoms with Crippen LogP contribution in [0.2, 0.25) is 0 Å². The predicted molar refractivity (Wildman–Crippen MR) is 118 cm³/mol. The maximum absolute atomic E-state index is 12.6. The van der Waals surface area contributed by atoms with Crippen molar-refractivity contribution in [1.82, 2.24) is 9.97 Å². The third-order valence-electron chi connectivity index (χ3n) is 4.30. The van der Waals surface area contributed by atoms with Gasteiger partial charge in [-0.1, -0.05) is 36.4 Å². The van der Waals surface area contributed by atoms with Crippen LogP contribution in [0.4, 0.5) is 11.4 Å². The number of nitrogens with one attached hydrogen (secondary N) is 2. The molecular weight excluding hydrogens is 396 g/mol. The van der Waals surface area contributed by atoms with Gasteiger partial charge in [0.1, 0.15) is 5.69 Å². The van der Waals surface area contributed by atoms with E-state index in [-0.39, 0.29) is 11.8 Å². The molecule has 7 heteroatoms. The molecule has 148 valence electrons. The molecule has 0 fully saturated rings. The fourth-order valence-electron chi connectivity index (χ4n) is 2.84. The summed E-state index contributed by atoms with van der Waals surface area (Å²) < 4.78 is 0. The third kappa shape index (κ3) is 4.95. The van der Waals surface area contributed by atoms with Crippen molar-refractivity contribution >= 4 is 34.5 Å². The Hall–Kier alpha value is -3.84. The van der Waals surface area contributed by atoms with Gasteiger partial charge in [-0.2, -0.15) is 0 Å². The number of benzene rings is 2. The molecule has 4 rings (SSSR count). The fraction of sp³-hybridized carbons (Fsp3) is 0.0435. The molecule has 4 aromatic rings. The molecule has 2 N–H and O–H groups in total. The first-order chi connectivity index (χ1) is 14.7. The summed E-state index contributed by atoms with van der Waals surface area (Å²) >= 11 is 1.45. The Morgan fingerprint density at radius 2 is 1.60 bits per heavy atom. The van der Waals surface area contributed by atoms with Crippen LogP contribution in [-0.4, -0.2) is 21.8 Å². The van der Waals surface area contributed by atoms with Crippen LogP contribution in [0.25, 0.3) is 0 Å². The average Bonchev–Trinajstić information content (AvgIpc) is 3.24. The highest BCUT2D eigenvalue weighted by Gasteiger charge is 2.13. The number of hydrogen-bond acceptors (Lipinski definition) is 5. The van der Waals surface area contributed by atoms with Crippen molar-refractivity contribution in [1.29, 1.82) is 0 Å². The molecule has 0 unspecified atom stereocenters. The quantitative estimate of drug-likeness (QED) is 0.482. The Balaban J connectivity index is 1.41. The van der Waals surface area contributed by atoms with E-state index < -0.39 is 0 Å². The molecule has 2 aromatic carbocycles. The van der Waals surface area contributed by atoms with Crippen molar-refractivity contribution < 1.29 is 9.59 Å². The maximum atomic E-state index is 12.6. The number of rotatable bonds is 6. The van der Waals surface area contributed by atoms with Crippen molar-refractivity contribution in [2.45, 2.75) is 6.42 Å². The molecule has 2 heterocycles. The SMILES string of the molecule is O=C(Nc1ccncc1)c1cccc(NC(=O)c2csc(Cc3ccccc3)n2)c1. The van der Waals surface area contributed by atoms with Crippen molar-refractivity contribution in [3.05, 3.63) is 106 Å². The third-order valence-corrected chi connectivity index (χ3v) is 5.15. The summed E-state index contributed by atoms with van der Waals surface area (Å²) in [4.78, 5) is 33.4. The first kappa shape index (κ1) is 19.5. The minimum atomic E-state index is -0.308. The number of carbonyl (C=O) groups excluding carboxylic acids is 2. The molecule has 0 aliphatic rings. The molecular formula is C23H18N4O2S. The Kier molecular flexibility index (Phi) is 5.91. The smallest absolute Gasteiger partial charge is 0.275 e. The first-order valence-electron chi connectivity index (χ1n) is 9.28. The molecule has 6 nitrogen and oxygen atoms in total. The summed E-state index contributed by atoms with van der Waals surface area (Å²) in [7, 11) is 0. The van der Waals surface area contributed by atoms with Gasteiger partial charge in [-0.05, 0) is 35.9 Å². The monoisotopic (exact) mass is 414 g/mol. The van der Waals surface area contributed by atoms with Crippen LogP contribution in [0, 0.1) is 0 Å². The number of thiazole rings is 1. The van der Waals surface area contributed by atoms with Crippen LogP contribution in [0.1, 0.15) is 31.4 Å². The van der Waals surface area contributed by atoms with Crippen molar-refractivity contribution in [3.63, 3.8) is 0 Å². The summed E-state index contributed by atoms with van der Waals surface area (Å²) in [6.45, 7) is 0. The minimum absolute atomic E-state index is 0.267. The Morgan fingerprint density at radius 1 is 0.833 bits per heavy atom. The predicted octanol–water partition coefficient (Wildman–Crippen LogP) is 4.63. The Morgan fingerprint density at radius 3 is 2.40 bits per heavy atom. The van der Waals surface area contributed by atoms with E-state index in [4.69, 9.17) is 0 Å². The van der Waals surface area contributed by atoms with Crippen LogP contribution in [0.3, 0.4) is 0 Å². The van der Waals surface area contributed by atoms with E-state index >= 15 is 0 Å². The average molecular weight is 414 g/mol. The van der Waals surface area contributed by atoms with Gasteiger partial charge in [-0.15, -0.1) is 11.3 Å². The van der Waals surface area contributed by atoms with Gasteiger partial charge in [-0.3, -0.25) is 14.6 Å². The zero-order valence-corrected chi connectivity index (χ0v) is 16.7. The summed E-state index contributed by atoms with van der Waals surface area (Å²) in [5, 5.41) is 8.22. The van der Waals surface area contributed by atoms with Gasteiger partial charge in [-0.25, -0.2) is 4.98 Å². The number of amides is 2. The molecule has 0 aliphatic heterocycles. The largest absolute Gasteiger partial charge is 0.322 e. The molecule has 0 spiro atoms. The number of aromatic nitrogens is 2. The lowest BCUT2D eigenvalue weighted by molar-refractivity contribution is 0.101. The molecule has 2 aromatic heterocycles. The van der Waals surface area contributed by atoms with E-state index in [9.17, 15) is 9.59 Å². The molecule has 2 amide bonds. The standard InChI is InChI=1S/C23H18N4O2S/c28-22(25-18-9-11-24-12-10-18)17-7-4-8-19(14-17)26-23(29)20-15-30-21(27-20)13-16-5-2-1-3-6-16/h1-12,14-15H,13H2,(H,26,29)(H,24,25,28). The van der Waals surface area contributed by atoms with Gasteiger partial charge >= 0.3 is 0 Å². The van der Waals surface area contributed by atoms with E-state index in [1.54, 1.807) is 54.2 Å². The van der Waals surface area contributed by atoms with Crippen LogP contribution in [-0.2, 0) is 6.42 Å². The number of carbonyl (C=O) groups is 2. The number of hydrogen-bond donors (Lipinski definition) is 2. The van der Waals surface area contributed by atoms with E-state index in [0.29, 0.717) is 29.1 Å². The first-order valence-corrected chi connectivity index (χ1v) is 10.2. The highest BCUT2D eigenvalue weighted by Crippen LogP contribution is 2.17. The molecule has 0 saturated heterocycles. The molecule has 0 atom stereocenters. The molecule has 0 aliphatic carbocycles. The van der Waals surface area contributed by atoms with E-state index in [1.165, 1.54) is 11.3 Å². The highest BCUT2D eigenvalue weighted by atomic mass is 32.1. The lowest BCUT2D eigenvalue weighted by atomic mass is 10.1. The van der Waals surface area contributed by atoms with Crippen LogP contribution >= 0.6 is 11.3 Å².